The van der Waals surface area contributed by atoms with Crippen molar-refractivity contribution in [3.8, 4) is 6.07 Å². The van der Waals surface area contributed by atoms with Crippen LogP contribution in [0.5, 0.6) is 0 Å². The third-order valence-electron chi connectivity index (χ3n) is 3.53. The van der Waals surface area contributed by atoms with Crippen molar-refractivity contribution in [2.24, 2.45) is 0 Å². The Morgan fingerprint density at radius 3 is 2.67 bits per heavy atom. The van der Waals surface area contributed by atoms with E-state index < -0.39 is 15.6 Å². The maximum atomic E-state index is 12.1. The Hall–Kier alpha value is -1.46. The summed E-state index contributed by atoms with van der Waals surface area (Å²) in [5, 5.41) is 19.2. The molecule has 1 heterocycles. The molecule has 1 fully saturated rings. The van der Waals surface area contributed by atoms with Crippen LogP contribution >= 0.6 is 0 Å². The molecular weight excluding hydrogens is 292 g/mol. The van der Waals surface area contributed by atoms with E-state index in [4.69, 9.17) is 10.00 Å². The van der Waals surface area contributed by atoms with Crippen LogP contribution in [0.3, 0.4) is 0 Å². The van der Waals surface area contributed by atoms with E-state index in [0.29, 0.717) is 37.2 Å². The molecule has 0 aromatic heterocycles. The first-order chi connectivity index (χ1) is 9.94. The number of nitriles is 1. The van der Waals surface area contributed by atoms with Gasteiger partial charge in [0.1, 0.15) is 0 Å². The molecule has 1 aromatic carbocycles. The highest BCUT2D eigenvalue weighted by Crippen LogP contribution is 2.20. The SMILES string of the molecule is N#Cc1ccccc1CS(=O)(=O)NCC1(O)CCOCC1. The standard InChI is InChI=1S/C14H18N2O4S/c15-9-12-3-1-2-4-13(12)10-21(18,19)16-11-14(17)5-7-20-8-6-14/h1-4,16-17H,5-8,10-11H2. The van der Waals surface area contributed by atoms with Crippen molar-refractivity contribution in [3.63, 3.8) is 0 Å². The highest BCUT2D eigenvalue weighted by atomic mass is 32.2. The summed E-state index contributed by atoms with van der Waals surface area (Å²) in [7, 11) is -3.61. The molecule has 1 aliphatic heterocycles. The molecule has 0 unspecified atom stereocenters. The number of sulfonamides is 1. The first-order valence-corrected chi connectivity index (χ1v) is 8.35. The lowest BCUT2D eigenvalue weighted by Gasteiger charge is -2.31. The summed E-state index contributed by atoms with van der Waals surface area (Å²) >= 11 is 0. The molecule has 21 heavy (non-hydrogen) atoms. The molecule has 0 atom stereocenters. The first-order valence-electron chi connectivity index (χ1n) is 6.70. The van der Waals surface area contributed by atoms with E-state index in [1.54, 1.807) is 24.3 Å². The number of nitrogens with zero attached hydrogens (tertiary/aromatic N) is 1. The summed E-state index contributed by atoms with van der Waals surface area (Å²) in [5.41, 5.74) is -0.265. The molecule has 1 aliphatic rings. The van der Waals surface area contributed by atoms with Gasteiger partial charge in [-0.1, -0.05) is 18.2 Å². The van der Waals surface area contributed by atoms with Crippen LogP contribution in [0.4, 0.5) is 0 Å². The van der Waals surface area contributed by atoms with E-state index in [1.165, 1.54) is 0 Å². The number of hydrogen-bond donors (Lipinski definition) is 2. The highest BCUT2D eigenvalue weighted by molar-refractivity contribution is 7.88. The average Bonchev–Trinajstić information content (AvgIpc) is 2.47. The van der Waals surface area contributed by atoms with Crippen molar-refractivity contribution in [1.82, 2.24) is 4.72 Å². The Morgan fingerprint density at radius 1 is 1.33 bits per heavy atom. The minimum atomic E-state index is -3.61. The normalized spacial score (nSPS) is 18.1. The molecule has 0 saturated carbocycles. The van der Waals surface area contributed by atoms with Crippen LogP contribution in [0, 0.1) is 11.3 Å². The van der Waals surface area contributed by atoms with Gasteiger partial charge in [0.15, 0.2) is 0 Å². The zero-order chi connectivity index (χ0) is 15.3. The topological polar surface area (TPSA) is 99.4 Å². The number of benzene rings is 1. The summed E-state index contributed by atoms with van der Waals surface area (Å²) in [6, 6.07) is 8.54. The van der Waals surface area contributed by atoms with Crippen molar-refractivity contribution in [3.05, 3.63) is 35.4 Å². The fourth-order valence-corrected chi connectivity index (χ4v) is 3.44. The van der Waals surface area contributed by atoms with Crippen LogP contribution in [0.15, 0.2) is 24.3 Å². The molecule has 0 spiro atoms. The van der Waals surface area contributed by atoms with Crippen molar-refractivity contribution >= 4 is 10.0 Å². The molecule has 2 rings (SSSR count). The Labute approximate surface area is 124 Å². The molecule has 6 nitrogen and oxygen atoms in total. The van der Waals surface area contributed by atoms with Crippen LogP contribution in [-0.2, 0) is 20.5 Å². The van der Waals surface area contributed by atoms with Gasteiger partial charge in [-0.2, -0.15) is 5.26 Å². The number of nitrogens with one attached hydrogen (secondary N) is 1. The largest absolute Gasteiger partial charge is 0.388 e. The minimum absolute atomic E-state index is 0.0343. The van der Waals surface area contributed by atoms with Gasteiger partial charge in [-0.15, -0.1) is 0 Å². The number of rotatable bonds is 5. The fourth-order valence-electron chi connectivity index (χ4n) is 2.18. The number of hydrogen-bond acceptors (Lipinski definition) is 5. The van der Waals surface area contributed by atoms with E-state index in [-0.39, 0.29) is 12.3 Å². The Bertz CT molecular complexity index is 631. The molecular formula is C14H18N2O4S. The van der Waals surface area contributed by atoms with Crippen molar-refractivity contribution in [2.45, 2.75) is 24.2 Å². The first kappa shape index (κ1) is 15.9. The van der Waals surface area contributed by atoms with Crippen molar-refractivity contribution < 1.29 is 18.3 Å². The monoisotopic (exact) mass is 310 g/mol. The van der Waals surface area contributed by atoms with Gasteiger partial charge in [0.25, 0.3) is 0 Å². The van der Waals surface area contributed by atoms with Crippen LogP contribution in [-0.4, -0.2) is 38.9 Å². The fraction of sp³-hybridized carbons (Fsp3) is 0.500. The second-order valence-electron chi connectivity index (χ2n) is 5.19. The molecule has 0 amide bonds. The molecule has 1 saturated heterocycles. The maximum Gasteiger partial charge on any atom is 0.215 e. The lowest BCUT2D eigenvalue weighted by molar-refractivity contribution is -0.0588. The Kier molecular flexibility index (Phi) is 4.96. The lowest BCUT2D eigenvalue weighted by Crippen LogP contribution is -2.46. The zero-order valence-electron chi connectivity index (χ0n) is 11.6. The molecule has 1 aromatic rings. The maximum absolute atomic E-state index is 12.1. The molecule has 2 N–H and O–H groups in total. The van der Waals surface area contributed by atoms with Crippen LogP contribution in [0.1, 0.15) is 24.0 Å². The predicted octanol–water partition coefficient (Wildman–Crippen LogP) is 0.519. The van der Waals surface area contributed by atoms with Gasteiger partial charge in [0, 0.05) is 32.6 Å². The zero-order valence-corrected chi connectivity index (χ0v) is 12.4. The van der Waals surface area contributed by atoms with Crippen molar-refractivity contribution in [2.75, 3.05) is 19.8 Å². The molecule has 114 valence electrons. The second kappa shape index (κ2) is 6.54. The number of ether oxygens (including phenoxy) is 1. The highest BCUT2D eigenvalue weighted by Gasteiger charge is 2.31. The van der Waals surface area contributed by atoms with E-state index >= 15 is 0 Å². The third-order valence-corrected chi connectivity index (χ3v) is 4.80. The Morgan fingerprint density at radius 2 is 2.00 bits per heavy atom. The number of aliphatic hydroxyl groups is 1. The summed E-state index contributed by atoms with van der Waals surface area (Å²) in [5.74, 6) is -0.274. The summed E-state index contributed by atoms with van der Waals surface area (Å²) < 4.78 is 31.8. The van der Waals surface area contributed by atoms with Crippen LogP contribution < -0.4 is 4.72 Å². The van der Waals surface area contributed by atoms with E-state index in [1.807, 2.05) is 6.07 Å². The van der Waals surface area contributed by atoms with Gasteiger partial charge in [0.05, 0.1) is 23.0 Å². The van der Waals surface area contributed by atoms with Crippen molar-refractivity contribution in [1.29, 1.82) is 5.26 Å². The van der Waals surface area contributed by atoms with E-state index in [2.05, 4.69) is 4.72 Å². The van der Waals surface area contributed by atoms with Crippen LogP contribution in [0.2, 0.25) is 0 Å². The van der Waals surface area contributed by atoms with Gasteiger partial charge in [-0.25, -0.2) is 13.1 Å². The van der Waals surface area contributed by atoms with E-state index in [0.717, 1.165) is 0 Å². The third kappa shape index (κ3) is 4.51. The molecule has 0 bridgehead atoms. The van der Waals surface area contributed by atoms with Gasteiger partial charge in [-0.3, -0.25) is 0 Å². The second-order valence-corrected chi connectivity index (χ2v) is 6.99. The Balaban J connectivity index is 2.01. The van der Waals surface area contributed by atoms with Gasteiger partial charge >= 0.3 is 0 Å². The molecule has 7 heteroatoms. The quantitative estimate of drug-likeness (QED) is 0.826. The summed E-state index contributed by atoms with van der Waals surface area (Å²) in [6.07, 6.45) is 0.814. The average molecular weight is 310 g/mol. The predicted molar refractivity (Wildman–Crippen MR) is 76.8 cm³/mol. The van der Waals surface area contributed by atoms with Gasteiger partial charge in [-0.05, 0) is 11.6 Å². The van der Waals surface area contributed by atoms with Crippen LogP contribution in [0.25, 0.3) is 0 Å². The summed E-state index contributed by atoms with van der Waals surface area (Å²) in [6.45, 7) is 0.818. The van der Waals surface area contributed by atoms with Gasteiger partial charge < -0.3 is 9.84 Å². The molecule has 0 radical (unpaired) electrons. The lowest BCUT2D eigenvalue weighted by atomic mass is 9.95. The smallest absolute Gasteiger partial charge is 0.215 e. The molecule has 0 aliphatic carbocycles. The van der Waals surface area contributed by atoms with Gasteiger partial charge in [0.2, 0.25) is 10.0 Å². The minimum Gasteiger partial charge on any atom is -0.388 e. The summed E-state index contributed by atoms with van der Waals surface area (Å²) in [4.78, 5) is 0. The van der Waals surface area contributed by atoms with E-state index in [9.17, 15) is 13.5 Å².